The van der Waals surface area contributed by atoms with Crippen molar-refractivity contribution in [1.29, 1.82) is 0 Å². The number of hydrogen-bond acceptors (Lipinski definition) is 2. The summed E-state index contributed by atoms with van der Waals surface area (Å²) in [5.41, 5.74) is 8.65. The molecular weight excluding hydrogens is 277 g/mol. The predicted molar refractivity (Wildman–Crippen MR) is 80.2 cm³/mol. The van der Waals surface area contributed by atoms with Crippen molar-refractivity contribution in [2.24, 2.45) is 0 Å². The van der Waals surface area contributed by atoms with Gasteiger partial charge in [-0.15, -0.1) is 0 Å². The lowest BCUT2D eigenvalue weighted by Gasteiger charge is -2.09. The van der Waals surface area contributed by atoms with Crippen LogP contribution in [0, 0.1) is 5.82 Å². The number of aryl methyl sites for hydroxylation is 1. The van der Waals surface area contributed by atoms with Gasteiger partial charge in [-0.05, 0) is 37.3 Å². The van der Waals surface area contributed by atoms with E-state index in [-0.39, 0.29) is 5.82 Å². The summed E-state index contributed by atoms with van der Waals surface area (Å²) >= 11 is 6.25. The molecule has 2 N–H and O–H groups in total. The molecule has 0 bridgehead atoms. The first-order valence-electron chi connectivity index (χ1n) is 6.32. The van der Waals surface area contributed by atoms with Gasteiger partial charge in [-0.1, -0.05) is 17.7 Å². The smallest absolute Gasteiger partial charge is 0.143 e. The molecule has 0 saturated carbocycles. The van der Waals surface area contributed by atoms with Gasteiger partial charge in [-0.3, -0.25) is 0 Å². The topological polar surface area (TPSA) is 43.8 Å². The van der Waals surface area contributed by atoms with Gasteiger partial charge in [0.2, 0.25) is 0 Å². The minimum absolute atomic E-state index is 0.338. The van der Waals surface area contributed by atoms with Gasteiger partial charge in [0.25, 0.3) is 0 Å². The van der Waals surface area contributed by atoms with Crippen molar-refractivity contribution in [2.75, 3.05) is 5.73 Å². The molecule has 0 aliphatic rings. The van der Waals surface area contributed by atoms with Crippen molar-refractivity contribution in [3.8, 4) is 11.4 Å². The molecule has 0 fully saturated rings. The van der Waals surface area contributed by atoms with Crippen molar-refractivity contribution < 1.29 is 4.39 Å². The van der Waals surface area contributed by atoms with E-state index in [1.807, 2.05) is 29.7 Å². The molecule has 0 radical (unpaired) electrons. The average Bonchev–Trinajstić information content (AvgIpc) is 2.81. The predicted octanol–water partition coefficient (Wildman–Crippen LogP) is 4.10. The zero-order valence-electron chi connectivity index (χ0n) is 10.9. The zero-order chi connectivity index (χ0) is 14.3. The number of halogens is 2. The highest BCUT2D eigenvalue weighted by Crippen LogP contribution is 2.32. The standard InChI is InChI=1S/C15H13ClFN3/c1-2-20-14-11(16)4-3-5-13(14)19-15(20)10-8-9(17)6-7-12(10)18/h3-8H,2,18H2,1H3. The fourth-order valence-corrected chi connectivity index (χ4v) is 2.65. The minimum atomic E-state index is -0.338. The molecule has 20 heavy (non-hydrogen) atoms. The Kier molecular flexibility index (Phi) is 3.10. The Morgan fingerprint density at radius 3 is 2.85 bits per heavy atom. The molecule has 1 heterocycles. The Morgan fingerprint density at radius 2 is 2.10 bits per heavy atom. The molecule has 2 aromatic carbocycles. The number of anilines is 1. The summed E-state index contributed by atoms with van der Waals surface area (Å²) in [7, 11) is 0. The summed E-state index contributed by atoms with van der Waals surface area (Å²) in [5, 5.41) is 0.623. The van der Waals surface area contributed by atoms with Gasteiger partial charge >= 0.3 is 0 Å². The van der Waals surface area contributed by atoms with Gasteiger partial charge in [-0.2, -0.15) is 0 Å². The summed E-state index contributed by atoms with van der Waals surface area (Å²) in [4.78, 5) is 4.55. The first kappa shape index (κ1) is 12.9. The number of rotatable bonds is 2. The highest BCUT2D eigenvalue weighted by atomic mass is 35.5. The number of fused-ring (bicyclic) bond motifs is 1. The molecule has 102 valence electrons. The van der Waals surface area contributed by atoms with Crippen LogP contribution in [0.25, 0.3) is 22.4 Å². The fourth-order valence-electron chi connectivity index (χ4n) is 2.38. The lowest BCUT2D eigenvalue weighted by molar-refractivity contribution is 0.628. The third kappa shape index (κ3) is 1.93. The molecular formula is C15H13ClFN3. The molecule has 0 spiro atoms. The van der Waals surface area contributed by atoms with Crippen LogP contribution in [0.1, 0.15) is 6.92 Å². The number of para-hydroxylation sites is 1. The van der Waals surface area contributed by atoms with Crippen LogP contribution in [0.5, 0.6) is 0 Å². The van der Waals surface area contributed by atoms with Crippen molar-refractivity contribution in [3.05, 3.63) is 47.2 Å². The van der Waals surface area contributed by atoms with E-state index in [2.05, 4.69) is 4.98 Å². The van der Waals surface area contributed by atoms with Crippen molar-refractivity contribution in [3.63, 3.8) is 0 Å². The Bertz CT molecular complexity index is 795. The van der Waals surface area contributed by atoms with Crippen LogP contribution in [0.2, 0.25) is 5.02 Å². The van der Waals surface area contributed by atoms with E-state index < -0.39 is 0 Å². The highest BCUT2D eigenvalue weighted by Gasteiger charge is 2.16. The molecule has 5 heteroatoms. The number of nitrogens with two attached hydrogens (primary N) is 1. The van der Waals surface area contributed by atoms with E-state index in [0.29, 0.717) is 28.6 Å². The summed E-state index contributed by atoms with van der Waals surface area (Å²) in [6, 6.07) is 9.83. The molecule has 3 nitrogen and oxygen atoms in total. The van der Waals surface area contributed by atoms with E-state index in [4.69, 9.17) is 17.3 Å². The minimum Gasteiger partial charge on any atom is -0.398 e. The van der Waals surface area contributed by atoms with Crippen LogP contribution < -0.4 is 5.73 Å². The second kappa shape index (κ2) is 4.80. The Morgan fingerprint density at radius 1 is 1.30 bits per heavy atom. The number of imidazole rings is 1. The fraction of sp³-hybridized carbons (Fsp3) is 0.133. The maximum atomic E-state index is 13.5. The summed E-state index contributed by atoms with van der Waals surface area (Å²) in [6.07, 6.45) is 0. The van der Waals surface area contributed by atoms with E-state index in [1.54, 1.807) is 6.07 Å². The maximum absolute atomic E-state index is 13.5. The van der Waals surface area contributed by atoms with Gasteiger partial charge < -0.3 is 10.3 Å². The largest absolute Gasteiger partial charge is 0.398 e. The number of nitrogen functional groups attached to an aromatic ring is 1. The second-order valence-electron chi connectivity index (χ2n) is 4.52. The van der Waals surface area contributed by atoms with Crippen molar-refractivity contribution in [1.82, 2.24) is 9.55 Å². The lowest BCUT2D eigenvalue weighted by Crippen LogP contribution is -2.00. The normalized spacial score (nSPS) is 11.2. The monoisotopic (exact) mass is 289 g/mol. The van der Waals surface area contributed by atoms with Crippen LogP contribution in [0.4, 0.5) is 10.1 Å². The van der Waals surface area contributed by atoms with E-state index in [1.165, 1.54) is 12.1 Å². The summed E-state index contributed by atoms with van der Waals surface area (Å²) < 4.78 is 15.4. The molecule has 3 rings (SSSR count). The third-order valence-electron chi connectivity index (χ3n) is 3.29. The van der Waals surface area contributed by atoms with E-state index in [9.17, 15) is 4.39 Å². The molecule has 3 aromatic rings. The summed E-state index contributed by atoms with van der Waals surface area (Å²) in [5.74, 6) is 0.294. The Balaban J connectivity index is 2.36. The number of hydrogen-bond donors (Lipinski definition) is 1. The van der Waals surface area contributed by atoms with Crippen LogP contribution in [-0.2, 0) is 6.54 Å². The van der Waals surface area contributed by atoms with Crippen LogP contribution >= 0.6 is 11.6 Å². The average molecular weight is 290 g/mol. The van der Waals surface area contributed by atoms with Crippen molar-refractivity contribution in [2.45, 2.75) is 13.5 Å². The van der Waals surface area contributed by atoms with Gasteiger partial charge in [0, 0.05) is 17.8 Å². The van der Waals surface area contributed by atoms with Crippen LogP contribution in [-0.4, -0.2) is 9.55 Å². The molecule has 1 aromatic heterocycles. The quantitative estimate of drug-likeness (QED) is 0.722. The number of nitrogens with zero attached hydrogens (tertiary/aromatic N) is 2. The van der Waals surface area contributed by atoms with Gasteiger partial charge in [0.15, 0.2) is 0 Å². The molecule has 0 atom stereocenters. The zero-order valence-corrected chi connectivity index (χ0v) is 11.7. The van der Waals surface area contributed by atoms with Gasteiger partial charge in [0.05, 0.1) is 16.1 Å². The highest BCUT2D eigenvalue weighted by molar-refractivity contribution is 6.35. The second-order valence-corrected chi connectivity index (χ2v) is 4.93. The molecule has 0 aliphatic carbocycles. The van der Waals surface area contributed by atoms with Gasteiger partial charge in [-0.25, -0.2) is 9.37 Å². The SMILES string of the molecule is CCn1c(-c2cc(F)ccc2N)nc2cccc(Cl)c21. The number of aromatic nitrogens is 2. The van der Waals surface area contributed by atoms with E-state index >= 15 is 0 Å². The third-order valence-corrected chi connectivity index (χ3v) is 3.59. The van der Waals surface area contributed by atoms with Crippen LogP contribution in [0.3, 0.4) is 0 Å². The molecule has 0 aliphatic heterocycles. The first-order valence-corrected chi connectivity index (χ1v) is 6.69. The molecule has 0 unspecified atom stereocenters. The first-order chi connectivity index (χ1) is 9.61. The molecule has 0 saturated heterocycles. The van der Waals surface area contributed by atoms with Gasteiger partial charge in [0.1, 0.15) is 11.6 Å². The molecule has 0 amide bonds. The van der Waals surface area contributed by atoms with Crippen molar-refractivity contribution >= 4 is 28.3 Å². The Hall–Kier alpha value is -2.07. The Labute approximate surface area is 120 Å². The summed E-state index contributed by atoms with van der Waals surface area (Å²) in [6.45, 7) is 2.66. The van der Waals surface area contributed by atoms with Crippen LogP contribution in [0.15, 0.2) is 36.4 Å². The lowest BCUT2D eigenvalue weighted by atomic mass is 10.1. The number of benzene rings is 2. The van der Waals surface area contributed by atoms with E-state index in [0.717, 1.165) is 11.0 Å². The maximum Gasteiger partial charge on any atom is 0.143 e.